The molecular formula is C10H9ClN4O. The van der Waals surface area contributed by atoms with Gasteiger partial charge in [0.25, 0.3) is 5.91 Å². The first-order chi connectivity index (χ1) is 7.58. The number of halogens is 1. The monoisotopic (exact) mass is 236 g/mol. The van der Waals surface area contributed by atoms with E-state index in [2.05, 4.69) is 5.10 Å². The Bertz CT molecular complexity index is 550. The highest BCUT2D eigenvalue weighted by molar-refractivity contribution is 6.30. The molecule has 16 heavy (non-hydrogen) atoms. The van der Waals surface area contributed by atoms with Crippen molar-refractivity contribution in [1.29, 1.82) is 0 Å². The molecule has 0 unspecified atom stereocenters. The normalized spacial score (nSPS) is 10.3. The van der Waals surface area contributed by atoms with E-state index < -0.39 is 5.91 Å². The summed E-state index contributed by atoms with van der Waals surface area (Å²) in [6, 6.07) is 6.55. The summed E-state index contributed by atoms with van der Waals surface area (Å²) in [6.45, 7) is 0. The summed E-state index contributed by atoms with van der Waals surface area (Å²) in [5, 5.41) is 4.53. The fraction of sp³-hybridized carbons (Fsp3) is 0. The van der Waals surface area contributed by atoms with Gasteiger partial charge in [0.1, 0.15) is 5.69 Å². The average Bonchev–Trinajstić information content (AvgIpc) is 2.66. The van der Waals surface area contributed by atoms with Crippen molar-refractivity contribution in [3.8, 4) is 5.69 Å². The second kappa shape index (κ2) is 3.86. The smallest absolute Gasteiger partial charge is 0.269 e. The van der Waals surface area contributed by atoms with Crippen LogP contribution in [-0.4, -0.2) is 15.7 Å². The number of nitrogens with two attached hydrogens (primary N) is 2. The standard InChI is InChI=1S/C10H9ClN4O/c11-6-1-2-9(7(12)5-6)15-4-3-8(14-15)10(13)16/h1-5H,12H2,(H2,13,16). The molecule has 82 valence electrons. The fourth-order valence-corrected chi connectivity index (χ4v) is 1.50. The van der Waals surface area contributed by atoms with Gasteiger partial charge in [0.2, 0.25) is 0 Å². The molecule has 0 saturated carbocycles. The molecule has 0 spiro atoms. The Hall–Kier alpha value is -2.01. The zero-order valence-corrected chi connectivity index (χ0v) is 8.98. The minimum absolute atomic E-state index is 0.189. The van der Waals surface area contributed by atoms with E-state index in [-0.39, 0.29) is 5.69 Å². The summed E-state index contributed by atoms with van der Waals surface area (Å²) in [5.74, 6) is -0.578. The third kappa shape index (κ3) is 1.85. The topological polar surface area (TPSA) is 86.9 Å². The third-order valence-corrected chi connectivity index (χ3v) is 2.31. The van der Waals surface area contributed by atoms with E-state index in [0.29, 0.717) is 16.4 Å². The van der Waals surface area contributed by atoms with Crippen molar-refractivity contribution < 1.29 is 4.79 Å². The Kier molecular flexibility index (Phi) is 2.54. The number of aromatic nitrogens is 2. The summed E-state index contributed by atoms with van der Waals surface area (Å²) < 4.78 is 1.48. The molecule has 2 rings (SSSR count). The van der Waals surface area contributed by atoms with Crippen LogP contribution in [0.15, 0.2) is 30.5 Å². The molecule has 0 radical (unpaired) electrons. The molecule has 0 aliphatic rings. The van der Waals surface area contributed by atoms with Gasteiger partial charge in [-0.1, -0.05) is 11.6 Å². The molecule has 1 aromatic heterocycles. The van der Waals surface area contributed by atoms with E-state index in [1.54, 1.807) is 24.4 Å². The highest BCUT2D eigenvalue weighted by Crippen LogP contribution is 2.21. The van der Waals surface area contributed by atoms with Crippen LogP contribution in [0.5, 0.6) is 0 Å². The summed E-state index contributed by atoms with van der Waals surface area (Å²) in [5.41, 5.74) is 12.2. The molecule has 0 aliphatic heterocycles. The zero-order valence-electron chi connectivity index (χ0n) is 8.22. The molecule has 0 saturated heterocycles. The van der Waals surface area contributed by atoms with Gasteiger partial charge in [-0.25, -0.2) is 4.68 Å². The number of hydrogen-bond acceptors (Lipinski definition) is 3. The second-order valence-electron chi connectivity index (χ2n) is 3.21. The van der Waals surface area contributed by atoms with Gasteiger partial charge < -0.3 is 11.5 Å². The van der Waals surface area contributed by atoms with E-state index in [1.165, 1.54) is 10.7 Å². The predicted octanol–water partition coefficient (Wildman–Crippen LogP) is 1.21. The molecule has 1 amide bonds. The number of nitrogen functional groups attached to an aromatic ring is 1. The quantitative estimate of drug-likeness (QED) is 0.769. The van der Waals surface area contributed by atoms with Gasteiger partial charge >= 0.3 is 0 Å². The van der Waals surface area contributed by atoms with Crippen LogP contribution in [0, 0.1) is 0 Å². The van der Waals surface area contributed by atoms with Crippen LogP contribution in [0.1, 0.15) is 10.5 Å². The van der Waals surface area contributed by atoms with Crippen molar-refractivity contribution >= 4 is 23.2 Å². The lowest BCUT2D eigenvalue weighted by molar-refractivity contribution is 0.0995. The highest BCUT2D eigenvalue weighted by Gasteiger charge is 2.08. The van der Waals surface area contributed by atoms with Crippen molar-refractivity contribution in [3.05, 3.63) is 41.2 Å². The van der Waals surface area contributed by atoms with Gasteiger partial charge in [-0.05, 0) is 24.3 Å². The van der Waals surface area contributed by atoms with Gasteiger partial charge in [0.15, 0.2) is 0 Å². The van der Waals surface area contributed by atoms with Crippen LogP contribution >= 0.6 is 11.6 Å². The fourth-order valence-electron chi connectivity index (χ4n) is 1.32. The maximum atomic E-state index is 10.9. The molecule has 0 atom stereocenters. The first-order valence-electron chi connectivity index (χ1n) is 4.49. The minimum Gasteiger partial charge on any atom is -0.397 e. The maximum absolute atomic E-state index is 10.9. The Labute approximate surface area is 96.6 Å². The van der Waals surface area contributed by atoms with Gasteiger partial charge in [-0.3, -0.25) is 4.79 Å². The molecule has 0 fully saturated rings. The van der Waals surface area contributed by atoms with E-state index in [9.17, 15) is 4.79 Å². The SMILES string of the molecule is NC(=O)c1ccn(-c2ccc(Cl)cc2N)n1. The van der Waals surface area contributed by atoms with Crippen molar-refractivity contribution in [3.63, 3.8) is 0 Å². The van der Waals surface area contributed by atoms with Crippen molar-refractivity contribution in [2.24, 2.45) is 5.73 Å². The summed E-state index contributed by atoms with van der Waals surface area (Å²) in [7, 11) is 0. The van der Waals surface area contributed by atoms with Crippen molar-refractivity contribution in [2.75, 3.05) is 5.73 Å². The molecule has 0 bridgehead atoms. The number of amides is 1. The van der Waals surface area contributed by atoms with E-state index in [1.807, 2.05) is 0 Å². The number of carbonyl (C=O) groups excluding carboxylic acids is 1. The second-order valence-corrected chi connectivity index (χ2v) is 3.65. The lowest BCUT2D eigenvalue weighted by Crippen LogP contribution is -2.12. The van der Waals surface area contributed by atoms with Crippen molar-refractivity contribution in [1.82, 2.24) is 9.78 Å². The lowest BCUT2D eigenvalue weighted by Gasteiger charge is -2.05. The number of nitrogens with zero attached hydrogens (tertiary/aromatic N) is 2. The van der Waals surface area contributed by atoms with Gasteiger partial charge in [0, 0.05) is 11.2 Å². The summed E-state index contributed by atoms with van der Waals surface area (Å²) in [6.07, 6.45) is 1.61. The van der Waals surface area contributed by atoms with Crippen LogP contribution in [0.25, 0.3) is 5.69 Å². The van der Waals surface area contributed by atoms with Gasteiger partial charge in [-0.2, -0.15) is 5.10 Å². The van der Waals surface area contributed by atoms with Crippen LogP contribution in [0.4, 0.5) is 5.69 Å². The number of anilines is 1. The molecule has 2 aromatic rings. The maximum Gasteiger partial charge on any atom is 0.269 e. The third-order valence-electron chi connectivity index (χ3n) is 2.08. The van der Waals surface area contributed by atoms with Crippen molar-refractivity contribution in [2.45, 2.75) is 0 Å². The Balaban J connectivity index is 2.46. The van der Waals surface area contributed by atoms with Crippen LogP contribution < -0.4 is 11.5 Å². The van der Waals surface area contributed by atoms with Crippen LogP contribution in [0.2, 0.25) is 5.02 Å². The summed E-state index contributed by atoms with van der Waals surface area (Å²) >= 11 is 5.78. The lowest BCUT2D eigenvalue weighted by atomic mass is 10.3. The Morgan fingerprint density at radius 1 is 1.38 bits per heavy atom. The molecule has 4 N–H and O–H groups in total. The highest BCUT2D eigenvalue weighted by atomic mass is 35.5. The molecular weight excluding hydrogens is 228 g/mol. The van der Waals surface area contributed by atoms with E-state index in [0.717, 1.165) is 0 Å². The number of benzene rings is 1. The zero-order chi connectivity index (χ0) is 11.7. The largest absolute Gasteiger partial charge is 0.397 e. The molecule has 1 heterocycles. The molecule has 0 aliphatic carbocycles. The summed E-state index contributed by atoms with van der Waals surface area (Å²) in [4.78, 5) is 10.9. The van der Waals surface area contributed by atoms with Gasteiger partial charge in [0.05, 0.1) is 11.4 Å². The van der Waals surface area contributed by atoms with Crippen LogP contribution in [-0.2, 0) is 0 Å². The number of rotatable bonds is 2. The first kappa shape index (κ1) is 10.5. The average molecular weight is 237 g/mol. The molecule has 6 heteroatoms. The van der Waals surface area contributed by atoms with Gasteiger partial charge in [-0.15, -0.1) is 0 Å². The number of hydrogen-bond donors (Lipinski definition) is 2. The van der Waals surface area contributed by atoms with E-state index in [4.69, 9.17) is 23.1 Å². The molecule has 1 aromatic carbocycles. The molecule has 5 nitrogen and oxygen atoms in total. The first-order valence-corrected chi connectivity index (χ1v) is 4.86. The number of carbonyl (C=O) groups is 1. The minimum atomic E-state index is -0.578. The van der Waals surface area contributed by atoms with E-state index >= 15 is 0 Å². The number of primary amides is 1. The Morgan fingerprint density at radius 2 is 2.12 bits per heavy atom. The Morgan fingerprint density at radius 3 is 2.69 bits per heavy atom. The van der Waals surface area contributed by atoms with Crippen LogP contribution in [0.3, 0.4) is 0 Å². The predicted molar refractivity (Wildman–Crippen MR) is 61.5 cm³/mol.